The Morgan fingerprint density at radius 3 is 1.81 bits per heavy atom. The van der Waals surface area contributed by atoms with E-state index in [2.05, 4.69) is 83.8 Å². The largest absolute Gasteiger partial charge is 0.443 e. The van der Waals surface area contributed by atoms with Gasteiger partial charge >= 0.3 is 0 Å². The Balaban J connectivity index is 1.10. The molecule has 5 aromatic carbocycles. The molecule has 0 amide bonds. The third-order valence-electron chi connectivity index (χ3n) is 11.3. The van der Waals surface area contributed by atoms with E-state index in [4.69, 9.17) is 19.4 Å². The smallest absolute Gasteiger partial charge is 0.182 e. The van der Waals surface area contributed by atoms with E-state index in [9.17, 15) is 0 Å². The van der Waals surface area contributed by atoms with Gasteiger partial charge in [-0.15, -0.1) is 0 Å². The normalized spacial score (nSPS) is 23.1. The number of hydrogen-bond donors (Lipinski definition) is 0. The SMILES string of the molecule is c1ccc(-c2nc(-c3ccc(C45CC6CC(CC(C6)C4)C5)cc3)nc(-c3ccc(-c4cccc5ocnc45)c4ccccc34)n2)cc1. The second-order valence-electron chi connectivity index (χ2n) is 14.2. The molecule has 7 aromatic rings. The molecular formula is C42H34N4O. The Bertz CT molecular complexity index is 2250. The lowest BCUT2D eigenvalue weighted by Crippen LogP contribution is -2.48. The van der Waals surface area contributed by atoms with Crippen LogP contribution >= 0.6 is 0 Å². The van der Waals surface area contributed by atoms with E-state index in [-0.39, 0.29) is 0 Å². The minimum absolute atomic E-state index is 0.365. The zero-order chi connectivity index (χ0) is 31.0. The first-order chi connectivity index (χ1) is 23.2. The van der Waals surface area contributed by atoms with E-state index in [1.165, 1.54) is 50.5 Å². The van der Waals surface area contributed by atoms with Crippen molar-refractivity contribution in [3.63, 3.8) is 0 Å². The van der Waals surface area contributed by atoms with Crippen molar-refractivity contribution in [3.8, 4) is 45.3 Å². The van der Waals surface area contributed by atoms with E-state index in [0.717, 1.165) is 67.4 Å². The van der Waals surface area contributed by atoms with Gasteiger partial charge in [-0.2, -0.15) is 0 Å². The first kappa shape index (κ1) is 27.0. The molecule has 11 rings (SSSR count). The molecule has 0 aliphatic heterocycles. The number of oxazole rings is 1. The van der Waals surface area contributed by atoms with Crippen molar-refractivity contribution in [2.75, 3.05) is 0 Å². The monoisotopic (exact) mass is 610 g/mol. The molecule has 4 bridgehead atoms. The van der Waals surface area contributed by atoms with E-state index >= 15 is 0 Å². The molecule has 4 fully saturated rings. The summed E-state index contributed by atoms with van der Waals surface area (Å²) in [7, 11) is 0. The van der Waals surface area contributed by atoms with Crippen LogP contribution in [0.2, 0.25) is 0 Å². The molecule has 0 saturated heterocycles. The topological polar surface area (TPSA) is 64.7 Å². The standard InChI is InChI=1S/C42H34N4O/c1-2-7-29(8-3-1)39-44-40(30-13-15-31(16-14-30)42-22-26-19-27(23-42)21-28(20-26)24-42)46-41(45-39)36-18-17-34(32-9-4-5-10-33(32)36)35-11-6-12-37-38(35)43-25-47-37/h1-18,25-28H,19-24H2. The predicted molar refractivity (Wildman–Crippen MR) is 186 cm³/mol. The number of hydrogen-bond acceptors (Lipinski definition) is 5. The molecule has 228 valence electrons. The molecule has 4 aliphatic carbocycles. The minimum atomic E-state index is 0.365. The van der Waals surface area contributed by atoms with Crippen LogP contribution in [0.15, 0.2) is 120 Å². The lowest BCUT2D eigenvalue weighted by Gasteiger charge is -2.57. The highest BCUT2D eigenvalue weighted by atomic mass is 16.3. The highest BCUT2D eigenvalue weighted by Gasteiger charge is 2.51. The van der Waals surface area contributed by atoms with Crippen molar-refractivity contribution < 1.29 is 4.42 Å². The maximum absolute atomic E-state index is 5.63. The highest BCUT2D eigenvalue weighted by molar-refractivity contribution is 6.07. The maximum atomic E-state index is 5.63. The number of rotatable bonds is 5. The molecule has 0 unspecified atom stereocenters. The Morgan fingerprint density at radius 2 is 1.11 bits per heavy atom. The number of fused-ring (bicyclic) bond motifs is 2. The van der Waals surface area contributed by atoms with Crippen LogP contribution in [0, 0.1) is 17.8 Å². The van der Waals surface area contributed by atoms with Crippen LogP contribution < -0.4 is 0 Å². The van der Waals surface area contributed by atoms with Crippen LogP contribution in [0.4, 0.5) is 0 Å². The summed E-state index contributed by atoms with van der Waals surface area (Å²) in [5.41, 5.74) is 8.63. The van der Waals surface area contributed by atoms with Gasteiger partial charge in [-0.3, -0.25) is 0 Å². The maximum Gasteiger partial charge on any atom is 0.182 e. The van der Waals surface area contributed by atoms with Gasteiger partial charge in [0.05, 0.1) is 0 Å². The van der Waals surface area contributed by atoms with Crippen LogP contribution in [-0.4, -0.2) is 19.9 Å². The van der Waals surface area contributed by atoms with Crippen molar-refractivity contribution in [3.05, 3.63) is 121 Å². The van der Waals surface area contributed by atoms with E-state index in [1.807, 2.05) is 30.3 Å². The fraction of sp³-hybridized carbons (Fsp3) is 0.238. The number of aromatic nitrogens is 4. The van der Waals surface area contributed by atoms with Crippen molar-refractivity contribution in [2.45, 2.75) is 43.9 Å². The molecule has 5 nitrogen and oxygen atoms in total. The number of nitrogens with zero attached hydrogens (tertiary/aromatic N) is 4. The molecule has 5 heteroatoms. The van der Waals surface area contributed by atoms with Gasteiger partial charge in [-0.1, -0.05) is 97.1 Å². The third-order valence-corrected chi connectivity index (χ3v) is 11.3. The molecule has 0 spiro atoms. The lowest BCUT2D eigenvalue weighted by atomic mass is 9.48. The molecule has 0 N–H and O–H groups in total. The third kappa shape index (κ3) is 4.44. The van der Waals surface area contributed by atoms with E-state index < -0.39 is 0 Å². The fourth-order valence-corrected chi connectivity index (χ4v) is 9.61. The van der Waals surface area contributed by atoms with Gasteiger partial charge in [-0.05, 0) is 95.7 Å². The second-order valence-corrected chi connectivity index (χ2v) is 14.2. The van der Waals surface area contributed by atoms with E-state index in [0.29, 0.717) is 22.9 Å². The molecule has 2 aromatic heterocycles. The van der Waals surface area contributed by atoms with Crippen LogP contribution in [0.3, 0.4) is 0 Å². The zero-order valence-corrected chi connectivity index (χ0v) is 26.1. The fourth-order valence-electron chi connectivity index (χ4n) is 9.61. The molecule has 0 radical (unpaired) electrons. The van der Waals surface area contributed by atoms with E-state index in [1.54, 1.807) is 0 Å². The first-order valence-corrected chi connectivity index (χ1v) is 17.0. The zero-order valence-electron chi connectivity index (χ0n) is 26.1. The highest BCUT2D eigenvalue weighted by Crippen LogP contribution is 2.60. The van der Waals surface area contributed by atoms with Crippen molar-refractivity contribution >= 4 is 21.9 Å². The summed E-state index contributed by atoms with van der Waals surface area (Å²) >= 11 is 0. The summed E-state index contributed by atoms with van der Waals surface area (Å²) in [6.07, 6.45) is 9.97. The summed E-state index contributed by atoms with van der Waals surface area (Å²) < 4.78 is 5.63. The van der Waals surface area contributed by atoms with Crippen LogP contribution in [0.5, 0.6) is 0 Å². The number of para-hydroxylation sites is 1. The summed E-state index contributed by atoms with van der Waals surface area (Å²) in [6, 6.07) is 38.3. The summed E-state index contributed by atoms with van der Waals surface area (Å²) in [5.74, 6) is 4.81. The van der Waals surface area contributed by atoms with Crippen LogP contribution in [0.1, 0.15) is 44.1 Å². The summed E-state index contributed by atoms with van der Waals surface area (Å²) in [6.45, 7) is 0. The minimum Gasteiger partial charge on any atom is -0.443 e. The average Bonchev–Trinajstić information content (AvgIpc) is 3.61. The average molecular weight is 611 g/mol. The van der Waals surface area contributed by atoms with Crippen molar-refractivity contribution in [1.82, 2.24) is 19.9 Å². The van der Waals surface area contributed by atoms with Crippen LogP contribution in [0.25, 0.3) is 67.2 Å². The Labute approximate surface area is 273 Å². The lowest BCUT2D eigenvalue weighted by molar-refractivity contribution is -0.00518. The van der Waals surface area contributed by atoms with Gasteiger partial charge in [0.2, 0.25) is 0 Å². The van der Waals surface area contributed by atoms with Gasteiger partial charge in [-0.25, -0.2) is 19.9 Å². The van der Waals surface area contributed by atoms with Gasteiger partial charge < -0.3 is 4.42 Å². The van der Waals surface area contributed by atoms with Gasteiger partial charge in [0.25, 0.3) is 0 Å². The summed E-state index contributed by atoms with van der Waals surface area (Å²) in [5, 5.41) is 2.20. The quantitative estimate of drug-likeness (QED) is 0.194. The number of benzene rings is 5. The molecule has 4 aliphatic rings. The Morgan fingerprint density at radius 1 is 0.511 bits per heavy atom. The first-order valence-electron chi connectivity index (χ1n) is 17.0. The molecular weight excluding hydrogens is 576 g/mol. The van der Waals surface area contributed by atoms with Gasteiger partial charge in [0.1, 0.15) is 5.52 Å². The predicted octanol–water partition coefficient (Wildman–Crippen LogP) is 10.3. The molecule has 47 heavy (non-hydrogen) atoms. The van der Waals surface area contributed by atoms with Gasteiger partial charge in [0.15, 0.2) is 29.4 Å². The van der Waals surface area contributed by atoms with Crippen molar-refractivity contribution in [1.29, 1.82) is 0 Å². The van der Waals surface area contributed by atoms with Crippen LogP contribution in [-0.2, 0) is 5.41 Å². The molecule has 2 heterocycles. The van der Waals surface area contributed by atoms with Gasteiger partial charge in [0, 0.05) is 22.3 Å². The second kappa shape index (κ2) is 10.4. The molecule has 4 saturated carbocycles. The molecule has 0 atom stereocenters. The summed E-state index contributed by atoms with van der Waals surface area (Å²) in [4.78, 5) is 19.8. The van der Waals surface area contributed by atoms with Crippen molar-refractivity contribution in [2.24, 2.45) is 17.8 Å². The Hall–Kier alpha value is -5.16. The Kier molecular flexibility index (Phi) is 5.99.